The number of benzene rings is 2. The molecule has 2 heterocycles. The van der Waals surface area contributed by atoms with Crippen molar-refractivity contribution >= 4 is 51.2 Å². The first kappa shape index (κ1) is 28.3. The van der Waals surface area contributed by atoms with Crippen LogP contribution in [0.3, 0.4) is 0 Å². The first-order chi connectivity index (χ1) is 18.4. The highest BCUT2D eigenvalue weighted by Gasteiger charge is 2.36. The van der Waals surface area contributed by atoms with E-state index in [0.29, 0.717) is 51.3 Å². The standard InChI is InChI=1S/C27H30BrClN4O4S/c1-5-6-9-12-37-24-19(28)13-18(14-21(24)35-3)23-22(25(34)36-4)16(2)30-26-31-27(32-33(23)26)38-15-17-10-7-8-11-20(17)29/h7-8,10-11,13-14,23H,5-6,9,12,15H2,1-4H3,(H,30,31,32). The molecule has 0 bridgehead atoms. The summed E-state index contributed by atoms with van der Waals surface area (Å²) in [6.45, 7) is 4.56. The van der Waals surface area contributed by atoms with Crippen LogP contribution < -0.4 is 14.8 Å². The first-order valence-electron chi connectivity index (χ1n) is 12.3. The van der Waals surface area contributed by atoms with Crippen molar-refractivity contribution in [3.63, 3.8) is 0 Å². The Morgan fingerprint density at radius 2 is 2.03 bits per heavy atom. The molecule has 0 aliphatic carbocycles. The van der Waals surface area contributed by atoms with E-state index >= 15 is 0 Å². The van der Waals surface area contributed by atoms with E-state index in [9.17, 15) is 4.79 Å². The Balaban J connectivity index is 1.71. The fourth-order valence-corrected chi connectivity index (χ4v) is 5.89. The van der Waals surface area contributed by atoms with Gasteiger partial charge >= 0.3 is 5.97 Å². The molecule has 1 aromatic heterocycles. The van der Waals surface area contributed by atoms with Gasteiger partial charge < -0.3 is 19.5 Å². The summed E-state index contributed by atoms with van der Waals surface area (Å²) < 4.78 is 19.3. The van der Waals surface area contributed by atoms with Gasteiger partial charge in [-0.05, 0) is 58.6 Å². The fourth-order valence-electron chi connectivity index (χ4n) is 4.20. The van der Waals surface area contributed by atoms with Crippen molar-refractivity contribution in [1.29, 1.82) is 0 Å². The number of esters is 1. The highest BCUT2D eigenvalue weighted by atomic mass is 79.9. The van der Waals surface area contributed by atoms with Crippen molar-refractivity contribution < 1.29 is 19.0 Å². The maximum absolute atomic E-state index is 13.0. The number of fused-ring (bicyclic) bond motifs is 1. The van der Waals surface area contributed by atoms with Crippen molar-refractivity contribution in [3.8, 4) is 11.5 Å². The van der Waals surface area contributed by atoms with Crippen LogP contribution in [0.4, 0.5) is 5.95 Å². The topological polar surface area (TPSA) is 87.5 Å². The Bertz CT molecular complexity index is 1350. The lowest BCUT2D eigenvalue weighted by Crippen LogP contribution is -2.29. The summed E-state index contributed by atoms with van der Waals surface area (Å²) in [6.07, 6.45) is 3.15. The van der Waals surface area contributed by atoms with Gasteiger partial charge in [0.25, 0.3) is 0 Å². The Morgan fingerprint density at radius 1 is 1.24 bits per heavy atom. The van der Waals surface area contributed by atoms with Gasteiger partial charge in [0.2, 0.25) is 11.1 Å². The zero-order valence-electron chi connectivity index (χ0n) is 21.7. The summed E-state index contributed by atoms with van der Waals surface area (Å²) >= 11 is 11.4. The van der Waals surface area contributed by atoms with Crippen LogP contribution in [0.25, 0.3) is 0 Å². The number of ether oxygens (including phenoxy) is 3. The van der Waals surface area contributed by atoms with Gasteiger partial charge in [0.1, 0.15) is 6.04 Å². The zero-order valence-corrected chi connectivity index (χ0v) is 24.9. The average molecular weight is 622 g/mol. The van der Waals surface area contributed by atoms with Crippen LogP contribution in [-0.2, 0) is 15.3 Å². The fraction of sp³-hybridized carbons (Fsp3) is 0.370. The molecule has 4 rings (SSSR count). The molecule has 38 heavy (non-hydrogen) atoms. The summed E-state index contributed by atoms with van der Waals surface area (Å²) in [5, 5.41) is 9.22. The molecule has 1 aliphatic rings. The summed E-state index contributed by atoms with van der Waals surface area (Å²) in [4.78, 5) is 17.7. The number of allylic oxidation sites excluding steroid dienone is 1. The number of halogens is 2. The lowest BCUT2D eigenvalue weighted by atomic mass is 9.95. The Labute approximate surface area is 240 Å². The van der Waals surface area contributed by atoms with Crippen LogP contribution in [0, 0.1) is 0 Å². The minimum Gasteiger partial charge on any atom is -0.493 e. The lowest BCUT2D eigenvalue weighted by Gasteiger charge is -2.28. The summed E-state index contributed by atoms with van der Waals surface area (Å²) in [6, 6.07) is 10.9. The SMILES string of the molecule is CCCCCOc1c(Br)cc(C2C(C(=O)OC)=C(C)Nc3nc(SCc4ccccc4Cl)nn32)cc1OC. The van der Waals surface area contributed by atoms with E-state index in [1.54, 1.807) is 11.8 Å². The molecule has 0 spiro atoms. The van der Waals surface area contributed by atoms with Crippen LogP contribution in [0.2, 0.25) is 5.02 Å². The number of methoxy groups -OCH3 is 2. The predicted molar refractivity (Wildman–Crippen MR) is 153 cm³/mol. The molecule has 1 aliphatic heterocycles. The molecule has 8 nitrogen and oxygen atoms in total. The van der Waals surface area contributed by atoms with Gasteiger partial charge in [-0.1, -0.05) is 61.3 Å². The average Bonchev–Trinajstić information content (AvgIpc) is 3.32. The summed E-state index contributed by atoms with van der Waals surface area (Å²) in [7, 11) is 2.96. The van der Waals surface area contributed by atoms with Crippen molar-refractivity contribution in [2.24, 2.45) is 0 Å². The van der Waals surface area contributed by atoms with E-state index in [1.165, 1.54) is 18.9 Å². The first-order valence-corrected chi connectivity index (χ1v) is 14.4. The lowest BCUT2D eigenvalue weighted by molar-refractivity contribution is -0.136. The van der Waals surface area contributed by atoms with Crippen LogP contribution in [0.15, 0.2) is 57.3 Å². The minimum absolute atomic E-state index is 0.429. The van der Waals surface area contributed by atoms with Crippen LogP contribution in [0.1, 0.15) is 50.3 Å². The van der Waals surface area contributed by atoms with Crippen molar-refractivity contribution in [3.05, 3.63) is 68.3 Å². The number of nitrogens with zero attached hydrogens (tertiary/aromatic N) is 3. The molecule has 0 saturated carbocycles. The van der Waals surface area contributed by atoms with Crippen molar-refractivity contribution in [2.75, 3.05) is 26.1 Å². The monoisotopic (exact) mass is 620 g/mol. The number of aromatic nitrogens is 3. The number of rotatable bonds is 11. The number of nitrogens with one attached hydrogen (secondary N) is 1. The van der Waals surface area contributed by atoms with Gasteiger partial charge in [-0.15, -0.1) is 5.10 Å². The van der Waals surface area contributed by atoms with E-state index in [1.807, 2.05) is 43.3 Å². The van der Waals surface area contributed by atoms with Gasteiger partial charge in [0.05, 0.1) is 30.9 Å². The molecule has 0 saturated heterocycles. The molecule has 1 unspecified atom stereocenters. The number of carbonyl (C=O) groups is 1. The number of carbonyl (C=O) groups excluding carboxylic acids is 1. The molecule has 202 valence electrons. The highest BCUT2D eigenvalue weighted by molar-refractivity contribution is 9.10. The molecule has 0 amide bonds. The van der Waals surface area contributed by atoms with Gasteiger partial charge in [-0.25, -0.2) is 9.48 Å². The number of anilines is 1. The second kappa shape index (κ2) is 12.9. The van der Waals surface area contributed by atoms with Gasteiger partial charge in [0, 0.05) is 16.5 Å². The third-order valence-corrected chi connectivity index (χ3v) is 7.96. The number of unbranched alkanes of at least 4 members (excludes halogenated alkanes) is 2. The molecule has 0 radical (unpaired) electrons. The van der Waals surface area contributed by atoms with Crippen LogP contribution >= 0.6 is 39.3 Å². The molecule has 1 N–H and O–H groups in total. The maximum atomic E-state index is 13.0. The smallest absolute Gasteiger partial charge is 0.338 e. The van der Waals surface area contributed by atoms with Crippen LogP contribution in [-0.4, -0.2) is 41.6 Å². The van der Waals surface area contributed by atoms with E-state index in [-0.39, 0.29) is 0 Å². The maximum Gasteiger partial charge on any atom is 0.338 e. The second-order valence-corrected chi connectivity index (χ2v) is 10.9. The second-order valence-electron chi connectivity index (χ2n) is 8.69. The predicted octanol–water partition coefficient (Wildman–Crippen LogP) is 7.03. The Kier molecular flexibility index (Phi) is 9.62. The van der Waals surface area contributed by atoms with E-state index in [2.05, 4.69) is 33.2 Å². The minimum atomic E-state index is -0.597. The number of hydrogen-bond donors (Lipinski definition) is 1. The normalized spacial score (nSPS) is 14.6. The molecule has 2 aromatic carbocycles. The van der Waals surface area contributed by atoms with Crippen LogP contribution in [0.5, 0.6) is 11.5 Å². The number of hydrogen-bond acceptors (Lipinski definition) is 8. The van der Waals surface area contributed by atoms with E-state index in [4.69, 9.17) is 30.9 Å². The molecular weight excluding hydrogens is 592 g/mol. The highest BCUT2D eigenvalue weighted by Crippen LogP contribution is 2.43. The van der Waals surface area contributed by atoms with Gasteiger partial charge in [-0.2, -0.15) is 4.98 Å². The molecular formula is C27H30BrClN4O4S. The Morgan fingerprint density at radius 3 is 2.74 bits per heavy atom. The largest absolute Gasteiger partial charge is 0.493 e. The van der Waals surface area contributed by atoms with Crippen molar-refractivity contribution in [2.45, 2.75) is 50.1 Å². The molecule has 0 fully saturated rings. The molecule has 1 atom stereocenters. The quantitative estimate of drug-likeness (QED) is 0.139. The van der Waals surface area contributed by atoms with Crippen molar-refractivity contribution in [1.82, 2.24) is 14.8 Å². The third-order valence-electron chi connectivity index (χ3n) is 6.11. The van der Waals surface area contributed by atoms with E-state index in [0.717, 1.165) is 34.9 Å². The number of thioether (sulfide) groups is 1. The van der Waals surface area contributed by atoms with Gasteiger partial charge in [-0.3, -0.25) is 0 Å². The Hall–Kier alpha value is -2.69. The molecule has 11 heteroatoms. The van der Waals surface area contributed by atoms with Gasteiger partial charge in [0.15, 0.2) is 11.5 Å². The zero-order chi connectivity index (χ0) is 27.2. The molecule has 3 aromatic rings. The third kappa shape index (κ3) is 6.13. The van der Waals surface area contributed by atoms with E-state index < -0.39 is 12.0 Å². The summed E-state index contributed by atoms with van der Waals surface area (Å²) in [5.41, 5.74) is 2.83. The summed E-state index contributed by atoms with van der Waals surface area (Å²) in [5.74, 6) is 1.85.